The van der Waals surface area contributed by atoms with Gasteiger partial charge in [0.1, 0.15) is 5.82 Å². The van der Waals surface area contributed by atoms with Crippen molar-refractivity contribution in [1.29, 1.82) is 0 Å². The van der Waals surface area contributed by atoms with Crippen molar-refractivity contribution in [2.45, 2.75) is 31.9 Å². The van der Waals surface area contributed by atoms with Gasteiger partial charge in [0.05, 0.1) is 11.3 Å². The highest BCUT2D eigenvalue weighted by atomic mass is 19.4. The van der Waals surface area contributed by atoms with Crippen LogP contribution in [0.2, 0.25) is 0 Å². The zero-order chi connectivity index (χ0) is 23.4. The summed E-state index contributed by atoms with van der Waals surface area (Å²) in [6.45, 7) is 3.73. The fourth-order valence-corrected chi connectivity index (χ4v) is 3.84. The van der Waals surface area contributed by atoms with Gasteiger partial charge in [-0.15, -0.1) is 6.58 Å². The molecule has 33 heavy (non-hydrogen) atoms. The summed E-state index contributed by atoms with van der Waals surface area (Å²) in [6, 6.07) is 18.2. The lowest BCUT2D eigenvalue weighted by Gasteiger charge is -2.10. The number of pyridine rings is 1. The molecule has 5 heteroatoms. The second-order valence-electron chi connectivity index (χ2n) is 8.05. The quantitative estimate of drug-likeness (QED) is 0.206. The Balaban J connectivity index is 1.50. The van der Waals surface area contributed by atoms with Crippen LogP contribution >= 0.6 is 0 Å². The summed E-state index contributed by atoms with van der Waals surface area (Å²) in [5.41, 5.74) is 3.48. The van der Waals surface area contributed by atoms with Gasteiger partial charge in [0.2, 0.25) is 0 Å². The SMILES string of the molecule is C=CCCc1ccc(-c2ccc3c(F)c(CCc4ccc(C(F)(F)F)cc4)ccc3c2)nc1. The molecule has 168 valence electrons. The largest absolute Gasteiger partial charge is 0.416 e. The number of aryl methyl sites for hydroxylation is 3. The molecule has 0 radical (unpaired) electrons. The fourth-order valence-electron chi connectivity index (χ4n) is 3.84. The van der Waals surface area contributed by atoms with Crippen molar-refractivity contribution in [3.8, 4) is 11.3 Å². The van der Waals surface area contributed by atoms with E-state index in [2.05, 4.69) is 11.6 Å². The van der Waals surface area contributed by atoms with E-state index < -0.39 is 11.7 Å². The smallest absolute Gasteiger partial charge is 0.256 e. The number of hydrogen-bond donors (Lipinski definition) is 0. The normalized spacial score (nSPS) is 11.6. The minimum absolute atomic E-state index is 0.293. The van der Waals surface area contributed by atoms with Crippen molar-refractivity contribution in [2.75, 3.05) is 0 Å². The van der Waals surface area contributed by atoms with Crippen molar-refractivity contribution in [1.82, 2.24) is 4.98 Å². The van der Waals surface area contributed by atoms with Crippen LogP contribution in [0, 0.1) is 5.82 Å². The van der Waals surface area contributed by atoms with Gasteiger partial charge >= 0.3 is 6.18 Å². The molecule has 0 saturated heterocycles. The number of nitrogens with zero attached hydrogens (tertiary/aromatic N) is 1. The summed E-state index contributed by atoms with van der Waals surface area (Å²) in [5, 5.41) is 1.30. The molecule has 0 N–H and O–H groups in total. The first-order chi connectivity index (χ1) is 15.8. The molecule has 0 bridgehead atoms. The van der Waals surface area contributed by atoms with Crippen LogP contribution in [0.5, 0.6) is 0 Å². The Labute approximate surface area is 190 Å². The number of hydrogen-bond acceptors (Lipinski definition) is 1. The van der Waals surface area contributed by atoms with Crippen molar-refractivity contribution in [3.05, 3.63) is 114 Å². The van der Waals surface area contributed by atoms with E-state index in [1.54, 1.807) is 12.1 Å². The van der Waals surface area contributed by atoms with Crippen LogP contribution < -0.4 is 0 Å². The van der Waals surface area contributed by atoms with Gasteiger partial charge in [-0.1, -0.05) is 48.5 Å². The minimum atomic E-state index is -4.36. The number of allylic oxidation sites excluding steroid dienone is 1. The van der Waals surface area contributed by atoms with Gasteiger partial charge in [-0.3, -0.25) is 4.98 Å². The molecule has 0 spiro atoms. The Morgan fingerprint density at radius 2 is 1.58 bits per heavy atom. The average Bonchev–Trinajstić information content (AvgIpc) is 2.82. The monoisotopic (exact) mass is 449 g/mol. The van der Waals surface area contributed by atoms with E-state index in [0.717, 1.165) is 52.7 Å². The second kappa shape index (κ2) is 9.57. The topological polar surface area (TPSA) is 12.9 Å². The first kappa shape index (κ1) is 22.7. The third-order valence-electron chi connectivity index (χ3n) is 5.76. The first-order valence-electron chi connectivity index (χ1n) is 10.8. The third-order valence-corrected chi connectivity index (χ3v) is 5.76. The Hall–Kier alpha value is -3.47. The Morgan fingerprint density at radius 1 is 0.818 bits per heavy atom. The van der Waals surface area contributed by atoms with Crippen LogP contribution in [0.3, 0.4) is 0 Å². The van der Waals surface area contributed by atoms with Gasteiger partial charge in [-0.05, 0) is 72.0 Å². The number of halogens is 4. The zero-order valence-electron chi connectivity index (χ0n) is 18.0. The molecule has 0 aliphatic carbocycles. The van der Waals surface area contributed by atoms with Crippen LogP contribution in [0.4, 0.5) is 17.6 Å². The molecule has 4 aromatic rings. The first-order valence-corrected chi connectivity index (χ1v) is 10.8. The lowest BCUT2D eigenvalue weighted by Crippen LogP contribution is -2.04. The number of aromatic nitrogens is 1. The molecule has 0 aliphatic rings. The van der Waals surface area contributed by atoms with Crippen LogP contribution in [-0.2, 0) is 25.4 Å². The molecular weight excluding hydrogens is 426 g/mol. The summed E-state index contributed by atoms with van der Waals surface area (Å²) < 4.78 is 53.3. The molecular formula is C28H23F4N. The van der Waals surface area contributed by atoms with E-state index in [1.165, 1.54) is 12.1 Å². The van der Waals surface area contributed by atoms with E-state index in [1.807, 2.05) is 42.6 Å². The minimum Gasteiger partial charge on any atom is -0.256 e. The number of alkyl halides is 3. The highest BCUT2D eigenvalue weighted by Gasteiger charge is 2.29. The highest BCUT2D eigenvalue weighted by molar-refractivity contribution is 5.88. The molecule has 3 aromatic carbocycles. The van der Waals surface area contributed by atoms with E-state index in [-0.39, 0.29) is 5.82 Å². The lowest BCUT2D eigenvalue weighted by molar-refractivity contribution is -0.137. The molecule has 4 rings (SSSR count). The molecule has 0 fully saturated rings. The van der Waals surface area contributed by atoms with E-state index >= 15 is 4.39 Å². The predicted octanol–water partition coefficient (Wildman–Crippen LogP) is 7.96. The predicted molar refractivity (Wildman–Crippen MR) is 125 cm³/mol. The van der Waals surface area contributed by atoms with Crippen LogP contribution in [0.25, 0.3) is 22.0 Å². The van der Waals surface area contributed by atoms with Gasteiger partial charge in [-0.2, -0.15) is 13.2 Å². The Kier molecular flexibility index (Phi) is 6.59. The summed E-state index contributed by atoms with van der Waals surface area (Å²) in [7, 11) is 0. The Morgan fingerprint density at radius 3 is 2.24 bits per heavy atom. The maximum atomic E-state index is 15.1. The van der Waals surface area contributed by atoms with Crippen molar-refractivity contribution < 1.29 is 17.6 Å². The summed E-state index contributed by atoms with van der Waals surface area (Å²) in [4.78, 5) is 4.53. The molecule has 0 saturated carbocycles. The van der Waals surface area contributed by atoms with Gasteiger partial charge in [0.25, 0.3) is 0 Å². The standard InChI is InChI=1S/C28H23F4N/c1-2-3-4-20-8-16-26(33-18-20)23-12-15-25-22(17-23)11-10-21(27(25)29)9-5-19-6-13-24(14-7-19)28(30,31)32/h2,6-8,10-18H,1,3-5,9H2. The van der Waals surface area contributed by atoms with Crippen molar-refractivity contribution in [3.63, 3.8) is 0 Å². The highest BCUT2D eigenvalue weighted by Crippen LogP contribution is 2.30. The number of fused-ring (bicyclic) bond motifs is 1. The van der Waals surface area contributed by atoms with E-state index in [0.29, 0.717) is 23.8 Å². The molecule has 1 nitrogen and oxygen atoms in total. The van der Waals surface area contributed by atoms with Gasteiger partial charge in [-0.25, -0.2) is 4.39 Å². The van der Waals surface area contributed by atoms with Gasteiger partial charge in [0, 0.05) is 17.1 Å². The van der Waals surface area contributed by atoms with Crippen molar-refractivity contribution >= 4 is 10.8 Å². The van der Waals surface area contributed by atoms with Crippen LogP contribution in [0.15, 0.2) is 85.6 Å². The van der Waals surface area contributed by atoms with Crippen LogP contribution in [-0.4, -0.2) is 4.98 Å². The molecule has 0 atom stereocenters. The molecule has 0 unspecified atom stereocenters. The maximum Gasteiger partial charge on any atom is 0.416 e. The summed E-state index contributed by atoms with van der Waals surface area (Å²) in [5.74, 6) is -0.293. The average molecular weight is 449 g/mol. The molecule has 0 amide bonds. The third kappa shape index (κ3) is 5.30. The fraction of sp³-hybridized carbons (Fsp3) is 0.179. The van der Waals surface area contributed by atoms with E-state index in [9.17, 15) is 13.2 Å². The second-order valence-corrected chi connectivity index (χ2v) is 8.05. The summed E-state index contributed by atoms with van der Waals surface area (Å²) in [6.07, 6.45) is 2.04. The molecule has 0 aliphatic heterocycles. The number of benzene rings is 3. The zero-order valence-corrected chi connectivity index (χ0v) is 18.0. The number of rotatable bonds is 7. The van der Waals surface area contributed by atoms with Crippen LogP contribution in [0.1, 0.15) is 28.7 Å². The molecule has 1 heterocycles. The molecule has 1 aromatic heterocycles. The summed E-state index contributed by atoms with van der Waals surface area (Å²) >= 11 is 0. The maximum absolute atomic E-state index is 15.1. The van der Waals surface area contributed by atoms with Gasteiger partial charge in [0.15, 0.2) is 0 Å². The van der Waals surface area contributed by atoms with Crippen molar-refractivity contribution in [2.24, 2.45) is 0 Å². The lowest BCUT2D eigenvalue weighted by atomic mass is 9.98. The van der Waals surface area contributed by atoms with E-state index in [4.69, 9.17) is 0 Å². The Bertz CT molecular complexity index is 1260. The van der Waals surface area contributed by atoms with Gasteiger partial charge < -0.3 is 0 Å².